The van der Waals surface area contributed by atoms with E-state index in [9.17, 15) is 4.79 Å². The topological polar surface area (TPSA) is 89.0 Å². The van der Waals surface area contributed by atoms with Crippen molar-refractivity contribution in [3.8, 4) is 0 Å². The lowest BCUT2D eigenvalue weighted by molar-refractivity contribution is -0.112. The molecule has 2 aromatic rings. The number of halogens is 1. The molecule has 2 aromatic carbocycles. The molecular formula is C18H20ClN5O. The monoisotopic (exact) mass is 357 g/mol. The summed E-state index contributed by atoms with van der Waals surface area (Å²) in [5.74, 6) is -0.385. The highest BCUT2D eigenvalue weighted by atomic mass is 35.5. The SMILES string of the molecule is CN/C=C(\C=N)C(=O)Nc1ccc(Nc2ccc(NC)cc2)c(Cl)c1. The fourth-order valence-corrected chi connectivity index (χ4v) is 2.33. The highest BCUT2D eigenvalue weighted by molar-refractivity contribution is 6.33. The highest BCUT2D eigenvalue weighted by Gasteiger charge is 2.09. The summed E-state index contributed by atoms with van der Waals surface area (Å²) >= 11 is 6.30. The van der Waals surface area contributed by atoms with Gasteiger partial charge in [-0.15, -0.1) is 0 Å². The standard InChI is InChI=1S/C18H20ClN5O/c1-21-11-12(10-20)18(25)24-15-7-8-17(16(19)9-15)23-14-5-3-13(22-2)4-6-14/h3-11,20-23H,1-2H3,(H,24,25)/b12-11+,20-10?. The van der Waals surface area contributed by atoms with E-state index in [2.05, 4.69) is 21.3 Å². The molecule has 0 radical (unpaired) electrons. The maximum atomic E-state index is 12.0. The van der Waals surface area contributed by atoms with Gasteiger partial charge in [0.15, 0.2) is 0 Å². The zero-order valence-corrected chi connectivity index (χ0v) is 14.7. The van der Waals surface area contributed by atoms with Crippen molar-refractivity contribution in [1.82, 2.24) is 5.32 Å². The Morgan fingerprint density at radius 3 is 2.24 bits per heavy atom. The number of hydrogen-bond acceptors (Lipinski definition) is 5. The second kappa shape index (κ2) is 8.75. The fourth-order valence-electron chi connectivity index (χ4n) is 2.10. The molecule has 0 aliphatic rings. The molecule has 7 heteroatoms. The van der Waals surface area contributed by atoms with Crippen LogP contribution >= 0.6 is 11.6 Å². The second-order valence-corrected chi connectivity index (χ2v) is 5.54. The normalized spacial score (nSPS) is 10.8. The molecule has 1 amide bonds. The number of benzene rings is 2. The van der Waals surface area contributed by atoms with E-state index in [4.69, 9.17) is 17.0 Å². The van der Waals surface area contributed by atoms with Crippen molar-refractivity contribution in [2.45, 2.75) is 0 Å². The molecule has 130 valence electrons. The Morgan fingerprint density at radius 2 is 1.68 bits per heavy atom. The van der Waals surface area contributed by atoms with Gasteiger partial charge < -0.3 is 26.7 Å². The average molecular weight is 358 g/mol. The number of rotatable bonds is 7. The minimum atomic E-state index is -0.385. The van der Waals surface area contributed by atoms with Crippen molar-refractivity contribution in [2.75, 3.05) is 30.0 Å². The van der Waals surface area contributed by atoms with Gasteiger partial charge in [0.1, 0.15) is 0 Å². The number of anilines is 4. The van der Waals surface area contributed by atoms with Crippen molar-refractivity contribution in [3.63, 3.8) is 0 Å². The maximum absolute atomic E-state index is 12.0. The number of hydrogen-bond donors (Lipinski definition) is 5. The highest BCUT2D eigenvalue weighted by Crippen LogP contribution is 2.29. The van der Waals surface area contributed by atoms with E-state index in [-0.39, 0.29) is 11.5 Å². The van der Waals surface area contributed by atoms with E-state index in [1.807, 2.05) is 31.3 Å². The van der Waals surface area contributed by atoms with E-state index in [0.717, 1.165) is 23.3 Å². The van der Waals surface area contributed by atoms with Gasteiger partial charge in [-0.3, -0.25) is 4.79 Å². The van der Waals surface area contributed by atoms with Crippen LogP contribution in [0.2, 0.25) is 5.02 Å². The van der Waals surface area contributed by atoms with Crippen molar-refractivity contribution >= 4 is 46.5 Å². The van der Waals surface area contributed by atoms with E-state index in [1.54, 1.807) is 25.2 Å². The molecule has 0 heterocycles. The number of nitrogens with one attached hydrogen (secondary N) is 5. The molecule has 5 N–H and O–H groups in total. The molecule has 0 unspecified atom stereocenters. The van der Waals surface area contributed by atoms with Gasteiger partial charge >= 0.3 is 0 Å². The third-order valence-corrected chi connectivity index (χ3v) is 3.71. The van der Waals surface area contributed by atoms with E-state index in [1.165, 1.54) is 6.20 Å². The lowest BCUT2D eigenvalue weighted by Gasteiger charge is -2.11. The van der Waals surface area contributed by atoms with Gasteiger partial charge in [0.2, 0.25) is 0 Å². The molecule has 0 aromatic heterocycles. The lowest BCUT2D eigenvalue weighted by atomic mass is 10.2. The quantitative estimate of drug-likeness (QED) is 0.385. The summed E-state index contributed by atoms with van der Waals surface area (Å²) in [4.78, 5) is 12.0. The van der Waals surface area contributed by atoms with Crippen LogP contribution in [0.1, 0.15) is 0 Å². The van der Waals surface area contributed by atoms with Crippen LogP contribution in [0.3, 0.4) is 0 Å². The van der Waals surface area contributed by atoms with Crippen LogP contribution in [-0.2, 0) is 4.79 Å². The Labute approximate surface area is 151 Å². The molecule has 0 aliphatic heterocycles. The van der Waals surface area contributed by atoms with Crippen LogP contribution in [0.15, 0.2) is 54.2 Å². The first-order chi connectivity index (χ1) is 12.1. The van der Waals surface area contributed by atoms with E-state index >= 15 is 0 Å². The van der Waals surface area contributed by atoms with Crippen LogP contribution in [0.25, 0.3) is 0 Å². The summed E-state index contributed by atoms with van der Waals surface area (Å²) in [6, 6.07) is 13.0. The molecule has 25 heavy (non-hydrogen) atoms. The number of carbonyl (C=O) groups is 1. The molecule has 0 atom stereocenters. The van der Waals surface area contributed by atoms with Crippen LogP contribution in [0.4, 0.5) is 22.7 Å². The molecule has 0 aliphatic carbocycles. The van der Waals surface area contributed by atoms with Crippen LogP contribution in [0.5, 0.6) is 0 Å². The third kappa shape index (κ3) is 4.99. The van der Waals surface area contributed by atoms with E-state index in [0.29, 0.717) is 10.7 Å². The van der Waals surface area contributed by atoms with Crippen LogP contribution in [0, 0.1) is 5.41 Å². The molecule has 0 spiro atoms. The smallest absolute Gasteiger partial charge is 0.258 e. The molecule has 0 saturated heterocycles. The Bertz CT molecular complexity index is 787. The van der Waals surface area contributed by atoms with Crippen LogP contribution in [-0.4, -0.2) is 26.2 Å². The Kier molecular flexibility index (Phi) is 6.42. The lowest BCUT2D eigenvalue weighted by Crippen LogP contribution is -2.17. The predicted octanol–water partition coefficient (Wildman–Crippen LogP) is 3.82. The molecule has 0 saturated carbocycles. The van der Waals surface area contributed by atoms with Crippen LogP contribution < -0.4 is 21.3 Å². The first-order valence-corrected chi connectivity index (χ1v) is 7.99. The molecule has 2 rings (SSSR count). The molecule has 0 fully saturated rings. The summed E-state index contributed by atoms with van der Waals surface area (Å²) < 4.78 is 0. The summed E-state index contributed by atoms with van der Waals surface area (Å²) in [5.41, 5.74) is 3.42. The zero-order chi connectivity index (χ0) is 18.2. The first kappa shape index (κ1) is 18.4. The number of carbonyl (C=O) groups excluding carboxylic acids is 1. The van der Waals surface area contributed by atoms with Crippen molar-refractivity contribution < 1.29 is 4.79 Å². The van der Waals surface area contributed by atoms with Gasteiger partial charge in [0, 0.05) is 43.6 Å². The Hall–Kier alpha value is -2.99. The van der Waals surface area contributed by atoms with Gasteiger partial charge in [0.25, 0.3) is 5.91 Å². The Balaban J connectivity index is 2.10. The molecular weight excluding hydrogens is 338 g/mol. The zero-order valence-electron chi connectivity index (χ0n) is 14.0. The summed E-state index contributed by atoms with van der Waals surface area (Å²) in [5, 5.41) is 19.5. The Morgan fingerprint density at radius 1 is 1.04 bits per heavy atom. The van der Waals surface area contributed by atoms with Crippen molar-refractivity contribution in [1.29, 1.82) is 5.41 Å². The van der Waals surface area contributed by atoms with Gasteiger partial charge in [-0.05, 0) is 42.5 Å². The molecule has 0 bridgehead atoms. The maximum Gasteiger partial charge on any atom is 0.258 e. The second-order valence-electron chi connectivity index (χ2n) is 5.13. The van der Waals surface area contributed by atoms with Gasteiger partial charge in [-0.2, -0.15) is 0 Å². The van der Waals surface area contributed by atoms with Gasteiger partial charge in [0.05, 0.1) is 16.3 Å². The summed E-state index contributed by atoms with van der Waals surface area (Å²) in [6.07, 6.45) is 2.44. The minimum absolute atomic E-state index is 0.213. The predicted molar refractivity (Wildman–Crippen MR) is 105 cm³/mol. The molecule has 6 nitrogen and oxygen atoms in total. The third-order valence-electron chi connectivity index (χ3n) is 3.40. The fraction of sp³-hybridized carbons (Fsp3) is 0.111. The van der Waals surface area contributed by atoms with E-state index < -0.39 is 0 Å². The van der Waals surface area contributed by atoms with Crippen molar-refractivity contribution in [3.05, 3.63) is 59.3 Å². The van der Waals surface area contributed by atoms with Gasteiger partial charge in [-0.1, -0.05) is 11.6 Å². The minimum Gasteiger partial charge on any atom is -0.393 e. The first-order valence-electron chi connectivity index (χ1n) is 7.61. The number of amides is 1. The van der Waals surface area contributed by atoms with Gasteiger partial charge in [-0.25, -0.2) is 0 Å². The van der Waals surface area contributed by atoms with Crippen molar-refractivity contribution in [2.24, 2.45) is 0 Å². The summed E-state index contributed by atoms with van der Waals surface area (Å²) in [6.45, 7) is 0. The largest absolute Gasteiger partial charge is 0.393 e. The summed E-state index contributed by atoms with van der Waals surface area (Å²) in [7, 11) is 3.53. The average Bonchev–Trinajstić information content (AvgIpc) is 2.62.